The van der Waals surface area contributed by atoms with Gasteiger partial charge in [0.2, 0.25) is 5.91 Å². The number of carbonyl (C=O) groups excluding carboxylic acids is 1. The maximum Gasteiger partial charge on any atom is 0.241 e. The fourth-order valence-electron chi connectivity index (χ4n) is 3.27. The molecule has 3 rings (SSSR count). The molecule has 1 saturated heterocycles. The molecule has 5 nitrogen and oxygen atoms in total. The summed E-state index contributed by atoms with van der Waals surface area (Å²) < 4.78 is 5.36. The number of amides is 1. The van der Waals surface area contributed by atoms with Crippen molar-refractivity contribution < 1.29 is 9.53 Å². The van der Waals surface area contributed by atoms with E-state index in [9.17, 15) is 4.79 Å². The van der Waals surface area contributed by atoms with E-state index in [2.05, 4.69) is 31.9 Å². The predicted octanol–water partition coefficient (Wildman–Crippen LogP) is 3.21. The minimum atomic E-state index is -0.163. The topological polar surface area (TPSA) is 44.8 Å². The molecule has 1 N–H and O–H groups in total. The first-order valence-corrected chi connectivity index (χ1v) is 9.94. The van der Waals surface area contributed by atoms with Gasteiger partial charge in [-0.05, 0) is 53.9 Å². The van der Waals surface area contributed by atoms with Crippen molar-refractivity contribution in [3.63, 3.8) is 0 Å². The van der Waals surface area contributed by atoms with E-state index in [0.717, 1.165) is 44.0 Å². The molecule has 140 valence electrons. The van der Waals surface area contributed by atoms with Crippen LogP contribution in [0.25, 0.3) is 0 Å². The van der Waals surface area contributed by atoms with Crippen molar-refractivity contribution in [3.05, 3.63) is 46.2 Å². The molecule has 6 heteroatoms. The van der Waals surface area contributed by atoms with E-state index in [1.165, 1.54) is 5.56 Å². The number of nitrogens with one attached hydrogen (secondary N) is 1. The van der Waals surface area contributed by atoms with E-state index in [4.69, 9.17) is 4.74 Å². The van der Waals surface area contributed by atoms with Crippen LogP contribution in [0.4, 0.5) is 5.69 Å². The molecular weight excluding hydrogens is 346 g/mol. The minimum absolute atomic E-state index is 0.0141. The highest BCUT2D eigenvalue weighted by Crippen LogP contribution is 2.25. The summed E-state index contributed by atoms with van der Waals surface area (Å²) in [6, 6.07) is 7.83. The number of rotatable bonds is 6. The molecule has 1 unspecified atom stereocenters. The maximum atomic E-state index is 12.7. The van der Waals surface area contributed by atoms with Gasteiger partial charge in [0.05, 0.1) is 18.8 Å². The quantitative estimate of drug-likeness (QED) is 0.845. The molecule has 26 heavy (non-hydrogen) atoms. The van der Waals surface area contributed by atoms with Gasteiger partial charge in [0, 0.05) is 32.7 Å². The van der Waals surface area contributed by atoms with Crippen molar-refractivity contribution >= 4 is 22.9 Å². The van der Waals surface area contributed by atoms with Gasteiger partial charge in [-0.3, -0.25) is 14.6 Å². The summed E-state index contributed by atoms with van der Waals surface area (Å²) in [5.41, 5.74) is 3.21. The molecule has 1 aromatic carbocycles. The third-order valence-electron chi connectivity index (χ3n) is 4.93. The van der Waals surface area contributed by atoms with Crippen LogP contribution in [0.5, 0.6) is 5.75 Å². The smallest absolute Gasteiger partial charge is 0.241 e. The van der Waals surface area contributed by atoms with Gasteiger partial charge in [-0.2, -0.15) is 11.3 Å². The van der Waals surface area contributed by atoms with Gasteiger partial charge in [-0.1, -0.05) is 6.07 Å². The fourth-order valence-corrected chi connectivity index (χ4v) is 3.93. The number of anilines is 1. The van der Waals surface area contributed by atoms with Gasteiger partial charge < -0.3 is 10.1 Å². The summed E-state index contributed by atoms with van der Waals surface area (Å²) in [4.78, 5) is 17.4. The van der Waals surface area contributed by atoms with Crippen LogP contribution in [0.1, 0.15) is 18.1 Å². The molecule has 1 fully saturated rings. The van der Waals surface area contributed by atoms with Crippen LogP contribution in [-0.2, 0) is 11.3 Å². The molecule has 0 radical (unpaired) electrons. The summed E-state index contributed by atoms with van der Waals surface area (Å²) in [6.45, 7) is 8.77. The summed E-state index contributed by atoms with van der Waals surface area (Å²) >= 11 is 1.74. The minimum Gasteiger partial charge on any atom is -0.495 e. The van der Waals surface area contributed by atoms with E-state index < -0.39 is 0 Å². The van der Waals surface area contributed by atoms with E-state index in [-0.39, 0.29) is 11.9 Å². The van der Waals surface area contributed by atoms with Crippen molar-refractivity contribution in [2.24, 2.45) is 0 Å². The zero-order chi connectivity index (χ0) is 18.5. The highest BCUT2D eigenvalue weighted by molar-refractivity contribution is 7.07. The van der Waals surface area contributed by atoms with Crippen molar-refractivity contribution in [1.82, 2.24) is 9.80 Å². The summed E-state index contributed by atoms with van der Waals surface area (Å²) in [7, 11) is 1.62. The molecule has 0 spiro atoms. The van der Waals surface area contributed by atoms with Crippen molar-refractivity contribution in [1.29, 1.82) is 0 Å². The Hall–Kier alpha value is -1.89. The Morgan fingerprint density at radius 2 is 2.04 bits per heavy atom. The Morgan fingerprint density at radius 1 is 1.27 bits per heavy atom. The average molecular weight is 374 g/mol. The number of methoxy groups -OCH3 is 1. The normalized spacial score (nSPS) is 17.0. The standard InChI is InChI=1S/C20H27N3O2S/c1-15-4-5-19(25-3)18(12-15)21-20(24)16(2)23-9-7-22(8-10-23)13-17-6-11-26-14-17/h4-6,11-12,14,16H,7-10,13H2,1-3H3,(H,21,24). The van der Waals surface area contributed by atoms with Gasteiger partial charge in [0.1, 0.15) is 5.75 Å². The molecule has 1 atom stereocenters. The maximum absolute atomic E-state index is 12.7. The Kier molecular flexibility index (Phi) is 6.29. The van der Waals surface area contributed by atoms with Crippen LogP contribution in [0.3, 0.4) is 0 Å². The largest absolute Gasteiger partial charge is 0.495 e. The second-order valence-electron chi connectivity index (χ2n) is 6.81. The van der Waals surface area contributed by atoms with Gasteiger partial charge in [-0.15, -0.1) is 0 Å². The molecule has 0 aliphatic carbocycles. The highest BCUT2D eigenvalue weighted by Gasteiger charge is 2.26. The predicted molar refractivity (Wildman–Crippen MR) is 107 cm³/mol. The summed E-state index contributed by atoms with van der Waals surface area (Å²) in [5.74, 6) is 0.705. The first-order valence-electron chi connectivity index (χ1n) is 9.00. The van der Waals surface area contributed by atoms with E-state index in [1.54, 1.807) is 18.4 Å². The second kappa shape index (κ2) is 8.66. The summed E-state index contributed by atoms with van der Waals surface area (Å²) in [6.07, 6.45) is 0. The lowest BCUT2D eigenvalue weighted by Gasteiger charge is -2.37. The first kappa shape index (κ1) is 18.9. The van der Waals surface area contributed by atoms with Crippen molar-refractivity contribution in [2.45, 2.75) is 26.4 Å². The molecule has 1 aliphatic rings. The third-order valence-corrected chi connectivity index (χ3v) is 5.67. The van der Waals surface area contributed by atoms with Crippen LogP contribution in [-0.4, -0.2) is 55.0 Å². The zero-order valence-electron chi connectivity index (χ0n) is 15.7. The third kappa shape index (κ3) is 4.63. The second-order valence-corrected chi connectivity index (χ2v) is 7.59. The number of piperazine rings is 1. The number of hydrogen-bond acceptors (Lipinski definition) is 5. The average Bonchev–Trinajstić information content (AvgIpc) is 3.15. The summed E-state index contributed by atoms with van der Waals surface area (Å²) in [5, 5.41) is 7.36. The lowest BCUT2D eigenvalue weighted by atomic mass is 10.1. The zero-order valence-corrected chi connectivity index (χ0v) is 16.5. The lowest BCUT2D eigenvalue weighted by molar-refractivity contribution is -0.121. The number of carbonyl (C=O) groups is 1. The first-order chi connectivity index (χ1) is 12.6. The van der Waals surface area contributed by atoms with Crippen LogP contribution < -0.4 is 10.1 Å². The molecule has 2 aromatic rings. The van der Waals surface area contributed by atoms with Gasteiger partial charge >= 0.3 is 0 Å². The van der Waals surface area contributed by atoms with Crippen molar-refractivity contribution in [2.75, 3.05) is 38.6 Å². The van der Waals surface area contributed by atoms with Gasteiger partial charge in [0.25, 0.3) is 0 Å². The number of aryl methyl sites for hydroxylation is 1. The molecule has 2 heterocycles. The van der Waals surface area contributed by atoms with E-state index >= 15 is 0 Å². The number of hydrogen-bond donors (Lipinski definition) is 1. The van der Waals surface area contributed by atoms with Crippen LogP contribution in [0.2, 0.25) is 0 Å². The molecule has 0 saturated carbocycles. The number of nitrogens with zero attached hydrogens (tertiary/aromatic N) is 2. The van der Waals surface area contributed by atoms with E-state index in [0.29, 0.717) is 5.75 Å². The number of thiophene rings is 1. The van der Waals surface area contributed by atoms with Crippen LogP contribution in [0, 0.1) is 6.92 Å². The Bertz CT molecular complexity index is 725. The van der Waals surface area contributed by atoms with Crippen molar-refractivity contribution in [3.8, 4) is 5.75 Å². The lowest BCUT2D eigenvalue weighted by Crippen LogP contribution is -2.52. The Labute approximate surface area is 159 Å². The molecule has 1 aliphatic heterocycles. The highest BCUT2D eigenvalue weighted by atomic mass is 32.1. The number of ether oxygens (including phenoxy) is 1. The molecule has 1 amide bonds. The fraction of sp³-hybridized carbons (Fsp3) is 0.450. The molecular formula is C20H27N3O2S. The Morgan fingerprint density at radius 3 is 2.69 bits per heavy atom. The Balaban J connectivity index is 1.54. The molecule has 1 aromatic heterocycles. The monoisotopic (exact) mass is 373 g/mol. The van der Waals surface area contributed by atoms with Gasteiger partial charge in [0.15, 0.2) is 0 Å². The number of benzene rings is 1. The van der Waals surface area contributed by atoms with Crippen LogP contribution in [0.15, 0.2) is 35.0 Å². The SMILES string of the molecule is COc1ccc(C)cc1NC(=O)C(C)N1CCN(Cc2ccsc2)CC1. The van der Waals surface area contributed by atoms with Crippen LogP contribution >= 0.6 is 11.3 Å². The van der Waals surface area contributed by atoms with Gasteiger partial charge in [-0.25, -0.2) is 0 Å². The van der Waals surface area contributed by atoms with E-state index in [1.807, 2.05) is 32.0 Å². The molecule has 0 bridgehead atoms.